The van der Waals surface area contributed by atoms with Gasteiger partial charge in [-0.3, -0.25) is 4.79 Å². The highest BCUT2D eigenvalue weighted by Crippen LogP contribution is 2.41. The minimum atomic E-state index is -0.0884. The van der Waals surface area contributed by atoms with Gasteiger partial charge in [0.2, 0.25) is 5.91 Å². The molecule has 0 unspecified atom stereocenters. The van der Waals surface area contributed by atoms with E-state index in [0.29, 0.717) is 5.91 Å². The number of rotatable bonds is 1. The summed E-state index contributed by atoms with van der Waals surface area (Å²) in [6.07, 6.45) is 3.24. The summed E-state index contributed by atoms with van der Waals surface area (Å²) in [6.45, 7) is 2.96. The summed E-state index contributed by atoms with van der Waals surface area (Å²) in [5, 5.41) is 4.12. The second-order valence-corrected chi connectivity index (χ2v) is 6.09. The standard InChI is InChI=1S/C13H18N2OS/c1-14-6-2-4-13(10-14)5-7-15(12(13)16)11-3-8-17-9-11/h3,8-9H,2,4-7,10H2,1H3/t13-/m1/s1. The third-order valence-electron chi connectivity index (χ3n) is 4.10. The number of amides is 1. The van der Waals surface area contributed by atoms with Crippen LogP contribution in [0.5, 0.6) is 0 Å². The van der Waals surface area contributed by atoms with Crippen LogP contribution < -0.4 is 4.90 Å². The van der Waals surface area contributed by atoms with Crippen LogP contribution in [0.3, 0.4) is 0 Å². The van der Waals surface area contributed by atoms with E-state index >= 15 is 0 Å². The predicted octanol–water partition coefficient (Wildman–Crippen LogP) is 2.20. The van der Waals surface area contributed by atoms with Crippen molar-refractivity contribution in [3.63, 3.8) is 0 Å². The first-order chi connectivity index (χ1) is 8.21. The molecule has 1 spiro atoms. The zero-order valence-electron chi connectivity index (χ0n) is 10.2. The van der Waals surface area contributed by atoms with Crippen molar-refractivity contribution in [2.75, 3.05) is 31.6 Å². The van der Waals surface area contributed by atoms with Crippen LogP contribution in [0.1, 0.15) is 19.3 Å². The summed E-state index contributed by atoms with van der Waals surface area (Å²) in [7, 11) is 2.13. The van der Waals surface area contributed by atoms with Gasteiger partial charge in [-0.2, -0.15) is 11.3 Å². The third-order valence-corrected chi connectivity index (χ3v) is 4.77. The van der Waals surface area contributed by atoms with Crippen LogP contribution in [0, 0.1) is 5.41 Å². The molecule has 0 N–H and O–H groups in total. The van der Waals surface area contributed by atoms with E-state index in [4.69, 9.17) is 0 Å². The van der Waals surface area contributed by atoms with Gasteiger partial charge in [0, 0.05) is 18.5 Å². The van der Waals surface area contributed by atoms with Gasteiger partial charge in [-0.05, 0) is 44.3 Å². The molecule has 1 atom stereocenters. The molecule has 3 rings (SSSR count). The molecule has 0 saturated carbocycles. The highest BCUT2D eigenvalue weighted by molar-refractivity contribution is 7.08. The average Bonchev–Trinajstić information content (AvgIpc) is 2.90. The average molecular weight is 250 g/mol. The summed E-state index contributed by atoms with van der Waals surface area (Å²) in [5.74, 6) is 0.349. The third kappa shape index (κ3) is 1.79. The lowest BCUT2D eigenvalue weighted by Gasteiger charge is -2.37. The van der Waals surface area contributed by atoms with Crippen molar-refractivity contribution in [3.8, 4) is 0 Å². The van der Waals surface area contributed by atoms with Gasteiger partial charge in [-0.15, -0.1) is 0 Å². The minimum absolute atomic E-state index is 0.0884. The van der Waals surface area contributed by atoms with E-state index in [2.05, 4.69) is 17.3 Å². The molecule has 0 bridgehead atoms. The zero-order valence-corrected chi connectivity index (χ0v) is 11.0. The summed E-state index contributed by atoms with van der Waals surface area (Å²) in [6, 6.07) is 2.05. The fourth-order valence-electron chi connectivity index (χ4n) is 3.22. The van der Waals surface area contributed by atoms with Gasteiger partial charge < -0.3 is 9.80 Å². The molecule has 2 saturated heterocycles. The monoisotopic (exact) mass is 250 g/mol. The second kappa shape index (κ2) is 4.10. The molecule has 2 aliphatic rings. The molecule has 17 heavy (non-hydrogen) atoms. The largest absolute Gasteiger partial charge is 0.311 e. The Morgan fingerprint density at radius 1 is 1.35 bits per heavy atom. The van der Waals surface area contributed by atoms with Crippen molar-refractivity contribution in [2.24, 2.45) is 5.41 Å². The summed E-state index contributed by atoms with van der Waals surface area (Å²) >= 11 is 1.66. The molecule has 1 aromatic heterocycles. The maximum Gasteiger partial charge on any atom is 0.234 e. The van der Waals surface area contributed by atoms with E-state index in [9.17, 15) is 4.79 Å². The number of carbonyl (C=O) groups excluding carboxylic acids is 1. The highest BCUT2D eigenvalue weighted by atomic mass is 32.1. The SMILES string of the molecule is CN1CCC[C@@]2(CCN(c3ccsc3)C2=O)C1. The molecule has 1 amide bonds. The van der Waals surface area contributed by atoms with Crippen molar-refractivity contribution in [3.05, 3.63) is 16.8 Å². The van der Waals surface area contributed by atoms with Gasteiger partial charge >= 0.3 is 0 Å². The summed E-state index contributed by atoms with van der Waals surface area (Å²) in [4.78, 5) is 16.9. The van der Waals surface area contributed by atoms with Crippen LogP contribution >= 0.6 is 11.3 Å². The first-order valence-corrected chi connectivity index (χ1v) is 7.18. The van der Waals surface area contributed by atoms with E-state index in [1.54, 1.807) is 11.3 Å². The van der Waals surface area contributed by atoms with Gasteiger partial charge in [0.25, 0.3) is 0 Å². The molecule has 0 radical (unpaired) electrons. The Balaban J connectivity index is 1.84. The molecule has 0 aromatic carbocycles. The molecule has 2 aliphatic heterocycles. The van der Waals surface area contributed by atoms with E-state index in [1.807, 2.05) is 16.3 Å². The number of thiophene rings is 1. The molecule has 0 aliphatic carbocycles. The number of piperidine rings is 1. The lowest BCUT2D eigenvalue weighted by atomic mass is 9.78. The molecule has 1 aromatic rings. The van der Waals surface area contributed by atoms with Crippen LogP contribution in [0.2, 0.25) is 0 Å². The molecule has 92 valence electrons. The van der Waals surface area contributed by atoms with Crippen molar-refractivity contribution < 1.29 is 4.79 Å². The van der Waals surface area contributed by atoms with Gasteiger partial charge in [-0.25, -0.2) is 0 Å². The second-order valence-electron chi connectivity index (χ2n) is 5.31. The topological polar surface area (TPSA) is 23.6 Å². The van der Waals surface area contributed by atoms with Crippen LogP contribution in [0.15, 0.2) is 16.8 Å². The molecule has 3 heterocycles. The lowest BCUT2D eigenvalue weighted by Crippen LogP contribution is -2.46. The number of hydrogen-bond acceptors (Lipinski definition) is 3. The number of anilines is 1. The zero-order chi connectivity index (χ0) is 11.9. The smallest absolute Gasteiger partial charge is 0.234 e. The van der Waals surface area contributed by atoms with Crippen molar-refractivity contribution in [2.45, 2.75) is 19.3 Å². The fourth-order valence-corrected chi connectivity index (χ4v) is 3.86. The Labute approximate surface area is 106 Å². The van der Waals surface area contributed by atoms with Crippen molar-refractivity contribution >= 4 is 22.9 Å². The predicted molar refractivity (Wildman–Crippen MR) is 70.5 cm³/mol. The number of nitrogens with zero attached hydrogens (tertiary/aromatic N) is 2. The quantitative estimate of drug-likeness (QED) is 0.763. The normalized spacial score (nSPS) is 30.4. The first-order valence-electron chi connectivity index (χ1n) is 6.24. The van der Waals surface area contributed by atoms with Crippen LogP contribution in [0.4, 0.5) is 5.69 Å². The van der Waals surface area contributed by atoms with Crippen molar-refractivity contribution in [1.82, 2.24) is 4.90 Å². The maximum atomic E-state index is 12.6. The van der Waals surface area contributed by atoms with Gasteiger partial charge in [0.1, 0.15) is 0 Å². The molecule has 2 fully saturated rings. The van der Waals surface area contributed by atoms with Crippen LogP contribution in [-0.2, 0) is 4.79 Å². The fraction of sp³-hybridized carbons (Fsp3) is 0.615. The minimum Gasteiger partial charge on any atom is -0.311 e. The Hall–Kier alpha value is -0.870. The van der Waals surface area contributed by atoms with Crippen molar-refractivity contribution in [1.29, 1.82) is 0 Å². The summed E-state index contributed by atoms with van der Waals surface area (Å²) in [5.41, 5.74) is 1.000. The number of likely N-dealkylation sites (tertiary alicyclic amines) is 1. The molecular weight excluding hydrogens is 232 g/mol. The lowest BCUT2D eigenvalue weighted by molar-refractivity contribution is -0.128. The van der Waals surface area contributed by atoms with Gasteiger partial charge in [0.05, 0.1) is 11.1 Å². The van der Waals surface area contributed by atoms with E-state index in [1.165, 1.54) is 0 Å². The Morgan fingerprint density at radius 2 is 2.24 bits per heavy atom. The Bertz CT molecular complexity index is 417. The number of carbonyl (C=O) groups is 1. The maximum absolute atomic E-state index is 12.6. The first kappa shape index (κ1) is 11.2. The van der Waals surface area contributed by atoms with Crippen LogP contribution in [-0.4, -0.2) is 37.5 Å². The highest BCUT2D eigenvalue weighted by Gasteiger charge is 2.48. The van der Waals surface area contributed by atoms with E-state index in [0.717, 1.165) is 44.6 Å². The van der Waals surface area contributed by atoms with Gasteiger partial charge in [0.15, 0.2) is 0 Å². The van der Waals surface area contributed by atoms with E-state index in [-0.39, 0.29) is 5.41 Å². The summed E-state index contributed by atoms with van der Waals surface area (Å²) < 4.78 is 0. The van der Waals surface area contributed by atoms with Gasteiger partial charge in [-0.1, -0.05) is 0 Å². The van der Waals surface area contributed by atoms with E-state index < -0.39 is 0 Å². The number of hydrogen-bond donors (Lipinski definition) is 0. The van der Waals surface area contributed by atoms with Crippen LogP contribution in [0.25, 0.3) is 0 Å². The molecule has 4 heteroatoms. The molecular formula is C13H18N2OS. The Kier molecular flexibility index (Phi) is 2.71. The molecule has 3 nitrogen and oxygen atoms in total. The Morgan fingerprint density at radius 3 is 2.94 bits per heavy atom.